The molecule has 0 aromatic heterocycles. The van der Waals surface area contributed by atoms with Crippen LogP contribution in [0.1, 0.15) is 73.1 Å². The van der Waals surface area contributed by atoms with Gasteiger partial charge in [-0.3, -0.25) is 24.3 Å². The second-order valence-corrected chi connectivity index (χ2v) is 8.22. The molecule has 0 atom stereocenters. The van der Waals surface area contributed by atoms with Crippen LogP contribution in [0, 0.1) is 5.92 Å². The predicted octanol–water partition coefficient (Wildman–Crippen LogP) is 2.74. The van der Waals surface area contributed by atoms with Crippen LogP contribution in [0.5, 0.6) is 0 Å². The number of hydrogen-bond acceptors (Lipinski definition) is 5. The molecule has 2 N–H and O–H groups in total. The van der Waals surface area contributed by atoms with Crippen molar-refractivity contribution in [3.63, 3.8) is 0 Å². The number of nitrogens with zero attached hydrogens (tertiary/aromatic N) is 2. The van der Waals surface area contributed by atoms with Gasteiger partial charge >= 0.3 is 5.97 Å². The third-order valence-corrected chi connectivity index (χ3v) is 5.97. The van der Waals surface area contributed by atoms with E-state index in [0.717, 1.165) is 44.6 Å². The minimum Gasteiger partial charge on any atom is -0.466 e. The summed E-state index contributed by atoms with van der Waals surface area (Å²) in [5.74, 6) is 0.289. The molecule has 0 unspecified atom stereocenters. The average molecular weight is 443 g/mol. The maximum atomic E-state index is 12.4. The normalized spacial score (nSPS) is 20.8. The van der Waals surface area contributed by atoms with Crippen molar-refractivity contribution >= 4 is 23.7 Å². The summed E-state index contributed by atoms with van der Waals surface area (Å²) in [4.78, 5) is 42.7. The van der Waals surface area contributed by atoms with Gasteiger partial charge in [-0.15, -0.1) is 0 Å². The van der Waals surface area contributed by atoms with Gasteiger partial charge in [0.25, 0.3) is 11.8 Å². The SMILES string of the molecule is CCNC(=NCCCCN1C(=O)c2ccccc2C1=O)NC1CCC(C(=O)OCC)CC1. The van der Waals surface area contributed by atoms with Crippen molar-refractivity contribution in [2.45, 2.75) is 58.4 Å². The van der Waals surface area contributed by atoms with Crippen LogP contribution in [0.4, 0.5) is 0 Å². The Morgan fingerprint density at radius 3 is 2.31 bits per heavy atom. The Morgan fingerprint density at radius 1 is 1.06 bits per heavy atom. The van der Waals surface area contributed by atoms with Gasteiger partial charge in [-0.05, 0) is 64.5 Å². The molecule has 8 heteroatoms. The van der Waals surface area contributed by atoms with Gasteiger partial charge in [0.15, 0.2) is 5.96 Å². The molecule has 174 valence electrons. The van der Waals surface area contributed by atoms with Crippen LogP contribution in [-0.4, -0.2) is 60.9 Å². The topological polar surface area (TPSA) is 100 Å². The minimum atomic E-state index is -0.206. The second-order valence-electron chi connectivity index (χ2n) is 8.22. The van der Waals surface area contributed by atoms with Crippen molar-refractivity contribution in [3.05, 3.63) is 35.4 Å². The van der Waals surface area contributed by atoms with Gasteiger partial charge in [0.2, 0.25) is 0 Å². The Labute approximate surface area is 189 Å². The van der Waals surface area contributed by atoms with Gasteiger partial charge < -0.3 is 15.4 Å². The molecular formula is C24H34N4O4. The van der Waals surface area contributed by atoms with Crippen molar-refractivity contribution in [2.75, 3.05) is 26.2 Å². The van der Waals surface area contributed by atoms with E-state index in [9.17, 15) is 14.4 Å². The summed E-state index contributed by atoms with van der Waals surface area (Å²) in [5, 5.41) is 6.75. The number of hydrogen-bond donors (Lipinski definition) is 2. The fourth-order valence-corrected chi connectivity index (χ4v) is 4.26. The maximum absolute atomic E-state index is 12.4. The zero-order valence-corrected chi connectivity index (χ0v) is 19.1. The molecule has 1 heterocycles. The van der Waals surface area contributed by atoms with Crippen LogP contribution in [0.15, 0.2) is 29.3 Å². The molecule has 1 aliphatic heterocycles. The Bertz CT molecular complexity index is 811. The highest BCUT2D eigenvalue weighted by molar-refractivity contribution is 6.21. The first-order valence-corrected chi connectivity index (χ1v) is 11.7. The Morgan fingerprint density at radius 2 is 1.72 bits per heavy atom. The summed E-state index contributed by atoms with van der Waals surface area (Å²) in [6.07, 6.45) is 4.96. The van der Waals surface area contributed by atoms with Crippen LogP contribution < -0.4 is 10.6 Å². The first-order valence-electron chi connectivity index (χ1n) is 11.7. The Hall–Kier alpha value is -2.90. The molecule has 8 nitrogen and oxygen atoms in total. The molecule has 1 aromatic rings. The first-order chi connectivity index (χ1) is 15.5. The Balaban J connectivity index is 1.41. The number of ether oxygens (including phenoxy) is 1. The summed E-state index contributed by atoms with van der Waals surface area (Å²) in [6, 6.07) is 7.25. The van der Waals surface area contributed by atoms with Crippen molar-refractivity contribution in [2.24, 2.45) is 10.9 Å². The van der Waals surface area contributed by atoms with Crippen LogP contribution in [0.2, 0.25) is 0 Å². The lowest BCUT2D eigenvalue weighted by Gasteiger charge is -2.29. The summed E-state index contributed by atoms with van der Waals surface area (Å²) in [7, 11) is 0. The molecule has 2 amide bonds. The van der Waals surface area contributed by atoms with Crippen LogP contribution in [0.3, 0.4) is 0 Å². The predicted molar refractivity (Wildman–Crippen MR) is 123 cm³/mol. The third kappa shape index (κ3) is 5.87. The van der Waals surface area contributed by atoms with Crippen LogP contribution in [0.25, 0.3) is 0 Å². The average Bonchev–Trinajstić information content (AvgIpc) is 3.04. The quantitative estimate of drug-likeness (QED) is 0.201. The maximum Gasteiger partial charge on any atom is 0.308 e. The number of nitrogens with one attached hydrogen (secondary N) is 2. The fraction of sp³-hybridized carbons (Fsp3) is 0.583. The first kappa shape index (κ1) is 23.8. The van der Waals surface area contributed by atoms with Gasteiger partial charge in [0, 0.05) is 25.7 Å². The van der Waals surface area contributed by atoms with Crippen molar-refractivity contribution in [1.29, 1.82) is 0 Å². The van der Waals surface area contributed by atoms with Gasteiger partial charge in [-0.25, -0.2) is 0 Å². The molecular weight excluding hydrogens is 408 g/mol. The molecule has 1 fully saturated rings. The number of benzene rings is 1. The standard InChI is InChI=1S/C24H34N4O4/c1-3-25-24(27-18-13-11-17(12-14-18)23(31)32-4-2)26-15-7-8-16-28-21(29)19-9-5-6-10-20(19)22(28)30/h5-6,9-10,17-18H,3-4,7-8,11-16H2,1-2H3,(H2,25,26,27). The molecule has 0 saturated heterocycles. The Kier molecular flexibility index (Phi) is 8.64. The van der Waals surface area contributed by atoms with Crippen LogP contribution >= 0.6 is 0 Å². The molecule has 0 bridgehead atoms. The highest BCUT2D eigenvalue weighted by atomic mass is 16.5. The number of imide groups is 1. The van der Waals surface area contributed by atoms with E-state index in [2.05, 4.69) is 15.6 Å². The third-order valence-electron chi connectivity index (χ3n) is 5.97. The second kappa shape index (κ2) is 11.6. The van der Waals surface area contributed by atoms with Crippen molar-refractivity contribution in [1.82, 2.24) is 15.5 Å². The highest BCUT2D eigenvalue weighted by Crippen LogP contribution is 2.25. The zero-order chi connectivity index (χ0) is 22.9. The lowest BCUT2D eigenvalue weighted by molar-refractivity contribution is -0.149. The molecule has 1 aliphatic carbocycles. The number of carbonyl (C=O) groups is 3. The van der Waals surface area contributed by atoms with Gasteiger partial charge in [-0.1, -0.05) is 12.1 Å². The lowest BCUT2D eigenvalue weighted by Crippen LogP contribution is -2.45. The summed E-state index contributed by atoms with van der Waals surface area (Å²) >= 11 is 0. The highest BCUT2D eigenvalue weighted by Gasteiger charge is 2.34. The van der Waals surface area contributed by atoms with E-state index < -0.39 is 0 Å². The van der Waals surface area contributed by atoms with E-state index in [4.69, 9.17) is 4.74 Å². The summed E-state index contributed by atoms with van der Waals surface area (Å²) in [6.45, 7) is 6.07. The largest absolute Gasteiger partial charge is 0.466 e. The smallest absolute Gasteiger partial charge is 0.308 e. The van der Waals surface area contributed by atoms with Crippen molar-refractivity contribution in [3.8, 4) is 0 Å². The number of unbranched alkanes of at least 4 members (excludes halogenated alkanes) is 1. The molecule has 1 aromatic carbocycles. The van der Waals surface area contributed by atoms with E-state index in [1.807, 2.05) is 13.8 Å². The lowest BCUT2D eigenvalue weighted by atomic mass is 9.86. The van der Waals surface area contributed by atoms with E-state index >= 15 is 0 Å². The molecule has 32 heavy (non-hydrogen) atoms. The monoisotopic (exact) mass is 442 g/mol. The number of aliphatic imine (C=N–C) groups is 1. The van der Waals surface area contributed by atoms with Gasteiger partial charge in [-0.2, -0.15) is 0 Å². The van der Waals surface area contributed by atoms with Gasteiger partial charge in [0.1, 0.15) is 0 Å². The number of esters is 1. The molecule has 0 radical (unpaired) electrons. The van der Waals surface area contributed by atoms with E-state index in [0.29, 0.717) is 37.2 Å². The summed E-state index contributed by atoms with van der Waals surface area (Å²) in [5.41, 5.74) is 0.985. The number of carbonyl (C=O) groups excluding carboxylic acids is 3. The summed E-state index contributed by atoms with van der Waals surface area (Å²) < 4.78 is 5.14. The van der Waals surface area contributed by atoms with E-state index in [-0.39, 0.29) is 29.7 Å². The zero-order valence-electron chi connectivity index (χ0n) is 19.1. The van der Waals surface area contributed by atoms with E-state index in [1.165, 1.54) is 4.90 Å². The van der Waals surface area contributed by atoms with Crippen molar-refractivity contribution < 1.29 is 19.1 Å². The molecule has 3 rings (SSSR count). The number of rotatable bonds is 9. The molecule has 2 aliphatic rings. The molecule has 0 spiro atoms. The fourth-order valence-electron chi connectivity index (χ4n) is 4.26. The minimum absolute atomic E-state index is 0.00895. The number of amides is 2. The van der Waals surface area contributed by atoms with Gasteiger partial charge in [0.05, 0.1) is 23.7 Å². The molecule has 1 saturated carbocycles. The number of fused-ring (bicyclic) bond motifs is 1. The van der Waals surface area contributed by atoms with E-state index in [1.54, 1.807) is 24.3 Å². The van der Waals surface area contributed by atoms with Crippen LogP contribution in [-0.2, 0) is 9.53 Å². The number of guanidine groups is 1.